The number of carbonyl (C=O) groups is 1. The van der Waals surface area contributed by atoms with E-state index in [2.05, 4.69) is 20.2 Å². The average Bonchev–Trinajstić information content (AvgIpc) is 3.30. The van der Waals surface area contributed by atoms with E-state index in [4.69, 9.17) is 0 Å². The molecule has 1 amide bonds. The predicted octanol–water partition coefficient (Wildman–Crippen LogP) is 4.53. The number of rotatable bonds is 10. The van der Waals surface area contributed by atoms with Crippen molar-refractivity contribution in [2.45, 2.75) is 30.6 Å². The molecule has 180 valence electrons. The third-order valence-corrected chi connectivity index (χ3v) is 7.84. The Kier molecular flexibility index (Phi) is 8.02. The van der Waals surface area contributed by atoms with Gasteiger partial charge in [0.2, 0.25) is 21.1 Å². The Morgan fingerprint density at radius 1 is 0.886 bits per heavy atom. The van der Waals surface area contributed by atoms with Crippen molar-refractivity contribution in [3.05, 3.63) is 107 Å². The van der Waals surface area contributed by atoms with Crippen molar-refractivity contribution in [2.24, 2.45) is 0 Å². The van der Waals surface area contributed by atoms with Gasteiger partial charge in [-0.1, -0.05) is 89.7 Å². The minimum Gasteiger partial charge on any atom is -0.300 e. The number of aryl methyl sites for hydroxylation is 1. The first kappa shape index (κ1) is 24.7. The minimum atomic E-state index is -3.59. The highest BCUT2D eigenvalue weighted by atomic mass is 32.2. The number of aromatic nitrogens is 2. The van der Waals surface area contributed by atoms with Crippen molar-refractivity contribution in [1.29, 1.82) is 0 Å². The molecule has 0 aliphatic rings. The lowest BCUT2D eigenvalue weighted by atomic mass is 9.88. The first-order valence-corrected chi connectivity index (χ1v) is 13.5. The zero-order valence-electron chi connectivity index (χ0n) is 19.2. The highest BCUT2D eigenvalue weighted by Gasteiger charge is 2.19. The molecule has 0 aliphatic heterocycles. The molecule has 0 spiro atoms. The fourth-order valence-corrected chi connectivity index (χ4v) is 5.44. The maximum atomic E-state index is 12.8. The molecule has 35 heavy (non-hydrogen) atoms. The molecule has 0 radical (unpaired) electrons. The van der Waals surface area contributed by atoms with E-state index < -0.39 is 10.0 Å². The first-order chi connectivity index (χ1) is 16.9. The molecule has 0 saturated heterocycles. The molecule has 0 aliphatic carbocycles. The van der Waals surface area contributed by atoms with Gasteiger partial charge in [0.1, 0.15) is 5.01 Å². The molecule has 9 heteroatoms. The lowest BCUT2D eigenvalue weighted by Gasteiger charge is -2.17. The molecule has 3 aromatic carbocycles. The zero-order valence-corrected chi connectivity index (χ0v) is 20.9. The van der Waals surface area contributed by atoms with Crippen LogP contribution in [0.15, 0.2) is 89.8 Å². The number of amides is 1. The van der Waals surface area contributed by atoms with E-state index in [0.29, 0.717) is 16.6 Å². The van der Waals surface area contributed by atoms with Crippen molar-refractivity contribution >= 4 is 32.4 Å². The first-order valence-electron chi connectivity index (χ1n) is 11.2. The second-order valence-electron chi connectivity index (χ2n) is 8.09. The summed E-state index contributed by atoms with van der Waals surface area (Å²) in [5, 5.41) is 12.0. The normalized spacial score (nSPS) is 11.5. The van der Waals surface area contributed by atoms with E-state index >= 15 is 0 Å². The molecule has 4 aromatic rings. The number of hydrogen-bond acceptors (Lipinski definition) is 6. The fraction of sp³-hybridized carbons (Fsp3) is 0.192. The molecule has 0 unspecified atom stereocenters. The molecule has 0 bridgehead atoms. The van der Waals surface area contributed by atoms with Crippen molar-refractivity contribution in [3.63, 3.8) is 0 Å². The fourth-order valence-electron chi connectivity index (χ4n) is 3.65. The molecule has 0 fully saturated rings. The van der Waals surface area contributed by atoms with Gasteiger partial charge in [0.05, 0.1) is 4.90 Å². The SMILES string of the molecule is Cc1ccc(S(=O)(=O)NCCc2nnc(NC(=O)CC(c3ccccc3)c3ccccc3)s2)cc1. The molecular formula is C26H26N4O3S2. The summed E-state index contributed by atoms with van der Waals surface area (Å²) < 4.78 is 27.4. The van der Waals surface area contributed by atoms with E-state index in [1.807, 2.05) is 67.6 Å². The number of nitrogens with one attached hydrogen (secondary N) is 2. The molecule has 4 rings (SSSR count). The van der Waals surface area contributed by atoms with Crippen molar-refractivity contribution in [2.75, 3.05) is 11.9 Å². The van der Waals surface area contributed by atoms with Gasteiger partial charge in [-0.3, -0.25) is 4.79 Å². The Hall–Kier alpha value is -3.40. The van der Waals surface area contributed by atoms with Crippen LogP contribution in [0.25, 0.3) is 0 Å². The standard InChI is InChI=1S/C26H26N4O3S2/c1-19-12-14-22(15-13-19)35(32,33)27-17-16-25-29-30-26(34-25)28-24(31)18-23(20-8-4-2-5-9-20)21-10-6-3-7-11-21/h2-15,23,27H,16-18H2,1H3,(H,28,30,31). The molecule has 2 N–H and O–H groups in total. The lowest BCUT2D eigenvalue weighted by molar-refractivity contribution is -0.116. The Labute approximate surface area is 209 Å². The third kappa shape index (κ3) is 6.82. The largest absolute Gasteiger partial charge is 0.300 e. The summed E-state index contributed by atoms with van der Waals surface area (Å²) in [5.74, 6) is -0.244. The van der Waals surface area contributed by atoms with E-state index in [9.17, 15) is 13.2 Å². The quantitative estimate of drug-likeness (QED) is 0.329. The van der Waals surface area contributed by atoms with Crippen LogP contribution in [-0.4, -0.2) is 31.1 Å². The molecule has 7 nitrogen and oxygen atoms in total. The highest BCUT2D eigenvalue weighted by Crippen LogP contribution is 2.28. The second kappa shape index (κ2) is 11.4. The van der Waals surface area contributed by atoms with E-state index in [1.54, 1.807) is 24.3 Å². The summed E-state index contributed by atoms with van der Waals surface area (Å²) in [6, 6.07) is 26.5. The molecular weight excluding hydrogens is 480 g/mol. The van der Waals surface area contributed by atoms with Gasteiger partial charge in [0.15, 0.2) is 0 Å². The Balaban J connectivity index is 1.34. The minimum absolute atomic E-state index is 0.0824. The summed E-state index contributed by atoms with van der Waals surface area (Å²) in [6.45, 7) is 2.09. The number of hydrogen-bond donors (Lipinski definition) is 2. The lowest BCUT2D eigenvalue weighted by Crippen LogP contribution is -2.25. The topological polar surface area (TPSA) is 101 Å². The number of anilines is 1. The van der Waals surface area contributed by atoms with Crippen LogP contribution in [0.3, 0.4) is 0 Å². The average molecular weight is 507 g/mol. The smallest absolute Gasteiger partial charge is 0.240 e. The van der Waals surface area contributed by atoms with Gasteiger partial charge in [-0.25, -0.2) is 13.1 Å². The summed E-state index contributed by atoms with van der Waals surface area (Å²) in [7, 11) is -3.59. The van der Waals surface area contributed by atoms with Gasteiger partial charge >= 0.3 is 0 Å². The third-order valence-electron chi connectivity index (χ3n) is 5.47. The van der Waals surface area contributed by atoms with Crippen molar-refractivity contribution in [3.8, 4) is 0 Å². The maximum Gasteiger partial charge on any atom is 0.240 e. The van der Waals surface area contributed by atoms with Crippen LogP contribution in [-0.2, 0) is 21.2 Å². The Morgan fingerprint density at radius 3 is 2.09 bits per heavy atom. The summed E-state index contributed by atoms with van der Waals surface area (Å²) in [4.78, 5) is 13.1. The predicted molar refractivity (Wildman–Crippen MR) is 138 cm³/mol. The maximum absolute atomic E-state index is 12.8. The molecule has 0 atom stereocenters. The number of sulfonamides is 1. The second-order valence-corrected chi connectivity index (χ2v) is 10.9. The van der Waals surface area contributed by atoms with Crippen molar-refractivity contribution < 1.29 is 13.2 Å². The van der Waals surface area contributed by atoms with Gasteiger partial charge in [-0.05, 0) is 30.2 Å². The van der Waals surface area contributed by atoms with Crippen LogP contribution >= 0.6 is 11.3 Å². The summed E-state index contributed by atoms with van der Waals surface area (Å²) in [6.07, 6.45) is 0.634. The van der Waals surface area contributed by atoms with E-state index in [0.717, 1.165) is 16.7 Å². The Morgan fingerprint density at radius 2 is 1.49 bits per heavy atom. The molecule has 0 saturated carbocycles. The monoisotopic (exact) mass is 506 g/mol. The highest BCUT2D eigenvalue weighted by molar-refractivity contribution is 7.89. The van der Waals surface area contributed by atoms with Gasteiger partial charge in [0.25, 0.3) is 0 Å². The number of benzene rings is 3. The molecule has 1 aromatic heterocycles. The van der Waals surface area contributed by atoms with Gasteiger partial charge in [0, 0.05) is 25.3 Å². The van der Waals surface area contributed by atoms with Crippen LogP contribution in [0.1, 0.15) is 34.0 Å². The van der Waals surface area contributed by atoms with Crippen LogP contribution in [0.2, 0.25) is 0 Å². The van der Waals surface area contributed by atoms with E-state index in [-0.39, 0.29) is 29.7 Å². The van der Waals surface area contributed by atoms with Crippen LogP contribution in [0.4, 0.5) is 5.13 Å². The van der Waals surface area contributed by atoms with Gasteiger partial charge < -0.3 is 5.32 Å². The van der Waals surface area contributed by atoms with E-state index in [1.165, 1.54) is 11.3 Å². The summed E-state index contributed by atoms with van der Waals surface area (Å²) in [5.41, 5.74) is 3.12. The van der Waals surface area contributed by atoms with Gasteiger partial charge in [-0.2, -0.15) is 0 Å². The number of nitrogens with zero attached hydrogens (tertiary/aromatic N) is 2. The molecule has 1 heterocycles. The number of carbonyl (C=O) groups excluding carboxylic acids is 1. The summed E-state index contributed by atoms with van der Waals surface area (Å²) >= 11 is 1.24. The van der Waals surface area contributed by atoms with Crippen LogP contribution in [0, 0.1) is 6.92 Å². The van der Waals surface area contributed by atoms with Crippen molar-refractivity contribution in [1.82, 2.24) is 14.9 Å². The zero-order chi connectivity index (χ0) is 24.7. The Bertz CT molecular complexity index is 1320. The van der Waals surface area contributed by atoms with Crippen LogP contribution < -0.4 is 10.0 Å². The van der Waals surface area contributed by atoms with Crippen LogP contribution in [0.5, 0.6) is 0 Å². The van der Waals surface area contributed by atoms with Gasteiger partial charge in [-0.15, -0.1) is 10.2 Å².